The Labute approximate surface area is 130 Å². The van der Waals surface area contributed by atoms with Crippen molar-refractivity contribution in [2.24, 2.45) is 0 Å². The van der Waals surface area contributed by atoms with Gasteiger partial charge in [0.05, 0.1) is 15.9 Å². The van der Waals surface area contributed by atoms with Crippen LogP contribution in [0.15, 0.2) is 53.3 Å². The first-order valence-electron chi connectivity index (χ1n) is 6.26. The fraction of sp³-hybridized carbons (Fsp3) is 0. The standard InChI is InChI=1S/C16H10Cl2N2O/c17-11-7-5-10(6-8-11)9-13(18)15-19-14-4-2-1-3-12(14)16(21)20-15/h1-9H,(H,19,20,21). The highest BCUT2D eigenvalue weighted by molar-refractivity contribution is 6.50. The molecule has 0 radical (unpaired) electrons. The number of hydrogen-bond acceptors (Lipinski definition) is 2. The normalized spacial score (nSPS) is 11.8. The summed E-state index contributed by atoms with van der Waals surface area (Å²) >= 11 is 12.1. The van der Waals surface area contributed by atoms with Gasteiger partial charge in [-0.1, -0.05) is 47.5 Å². The Morgan fingerprint density at radius 1 is 1.10 bits per heavy atom. The van der Waals surface area contributed by atoms with E-state index in [1.807, 2.05) is 18.2 Å². The van der Waals surface area contributed by atoms with E-state index < -0.39 is 0 Å². The summed E-state index contributed by atoms with van der Waals surface area (Å²) in [5.41, 5.74) is 1.28. The molecule has 0 aliphatic rings. The molecule has 0 amide bonds. The third-order valence-electron chi connectivity index (χ3n) is 3.00. The zero-order valence-corrected chi connectivity index (χ0v) is 12.3. The molecular weight excluding hydrogens is 307 g/mol. The predicted molar refractivity (Wildman–Crippen MR) is 87.5 cm³/mol. The molecule has 1 aromatic heterocycles. The summed E-state index contributed by atoms with van der Waals surface area (Å²) in [6.45, 7) is 0. The smallest absolute Gasteiger partial charge is 0.259 e. The van der Waals surface area contributed by atoms with Crippen LogP contribution >= 0.6 is 23.2 Å². The Bertz CT molecular complexity index is 883. The fourth-order valence-corrected chi connectivity index (χ4v) is 2.31. The number of benzene rings is 2. The van der Waals surface area contributed by atoms with Crippen molar-refractivity contribution >= 4 is 45.2 Å². The van der Waals surface area contributed by atoms with E-state index in [1.54, 1.807) is 36.4 Å². The Hall–Kier alpha value is -2.10. The maximum absolute atomic E-state index is 12.0. The molecule has 0 saturated carbocycles. The minimum atomic E-state index is -0.210. The van der Waals surface area contributed by atoms with E-state index in [-0.39, 0.29) is 5.56 Å². The zero-order valence-electron chi connectivity index (χ0n) is 10.8. The van der Waals surface area contributed by atoms with Crippen LogP contribution in [0.25, 0.3) is 22.0 Å². The van der Waals surface area contributed by atoms with Gasteiger partial charge in [-0.2, -0.15) is 0 Å². The molecule has 104 valence electrons. The maximum atomic E-state index is 12.0. The molecule has 0 unspecified atom stereocenters. The minimum Gasteiger partial charge on any atom is -0.305 e. The number of H-pyrrole nitrogens is 1. The molecule has 0 aliphatic carbocycles. The van der Waals surface area contributed by atoms with Crippen molar-refractivity contribution in [1.29, 1.82) is 0 Å². The molecule has 0 atom stereocenters. The largest absolute Gasteiger partial charge is 0.305 e. The molecule has 5 heteroatoms. The van der Waals surface area contributed by atoms with Crippen molar-refractivity contribution < 1.29 is 0 Å². The molecule has 3 rings (SSSR count). The van der Waals surface area contributed by atoms with E-state index in [2.05, 4.69) is 9.97 Å². The average molecular weight is 317 g/mol. The number of halogens is 2. The monoisotopic (exact) mass is 316 g/mol. The highest BCUT2D eigenvalue weighted by Gasteiger charge is 2.06. The Kier molecular flexibility index (Phi) is 3.78. The molecule has 0 saturated heterocycles. The van der Waals surface area contributed by atoms with Gasteiger partial charge in [-0.15, -0.1) is 0 Å². The summed E-state index contributed by atoms with van der Waals surface area (Å²) in [5, 5.41) is 1.55. The van der Waals surface area contributed by atoms with Crippen molar-refractivity contribution in [3.8, 4) is 0 Å². The number of hydrogen-bond donors (Lipinski definition) is 1. The quantitative estimate of drug-likeness (QED) is 0.765. The van der Waals surface area contributed by atoms with Crippen LogP contribution in [0.3, 0.4) is 0 Å². The van der Waals surface area contributed by atoms with E-state index in [0.717, 1.165) is 5.56 Å². The highest BCUT2D eigenvalue weighted by Crippen LogP contribution is 2.20. The topological polar surface area (TPSA) is 45.8 Å². The minimum absolute atomic E-state index is 0.210. The molecular formula is C16H10Cl2N2O. The van der Waals surface area contributed by atoms with Crippen LogP contribution in [0.2, 0.25) is 5.02 Å². The van der Waals surface area contributed by atoms with Gasteiger partial charge < -0.3 is 4.98 Å². The SMILES string of the molecule is O=c1[nH]c(C(Cl)=Cc2ccc(Cl)cc2)nc2ccccc12. The van der Waals surface area contributed by atoms with Gasteiger partial charge in [0.25, 0.3) is 5.56 Å². The molecule has 3 nitrogen and oxygen atoms in total. The summed E-state index contributed by atoms with van der Waals surface area (Å²) in [5.74, 6) is 0.343. The van der Waals surface area contributed by atoms with Crippen LogP contribution < -0.4 is 5.56 Å². The lowest BCUT2D eigenvalue weighted by Gasteiger charge is -2.02. The summed E-state index contributed by atoms with van der Waals surface area (Å²) in [6.07, 6.45) is 1.73. The van der Waals surface area contributed by atoms with Gasteiger partial charge in [0.1, 0.15) is 0 Å². The maximum Gasteiger partial charge on any atom is 0.259 e. The first-order chi connectivity index (χ1) is 10.1. The van der Waals surface area contributed by atoms with Crippen molar-refractivity contribution in [1.82, 2.24) is 9.97 Å². The van der Waals surface area contributed by atoms with Crippen molar-refractivity contribution in [3.63, 3.8) is 0 Å². The average Bonchev–Trinajstić information content (AvgIpc) is 2.49. The molecule has 21 heavy (non-hydrogen) atoms. The van der Waals surface area contributed by atoms with Gasteiger partial charge in [0.2, 0.25) is 0 Å². The third kappa shape index (κ3) is 2.99. The summed E-state index contributed by atoms with van der Waals surface area (Å²) < 4.78 is 0. The summed E-state index contributed by atoms with van der Waals surface area (Å²) in [7, 11) is 0. The van der Waals surface area contributed by atoms with Crippen LogP contribution in [-0.2, 0) is 0 Å². The van der Waals surface area contributed by atoms with Crippen molar-refractivity contribution in [2.75, 3.05) is 0 Å². The summed E-state index contributed by atoms with van der Waals surface area (Å²) in [6, 6.07) is 14.3. The number of aromatic nitrogens is 2. The van der Waals surface area contributed by atoms with Crippen LogP contribution in [0.5, 0.6) is 0 Å². The Balaban J connectivity index is 2.07. The lowest BCUT2D eigenvalue weighted by Crippen LogP contribution is -2.10. The molecule has 0 spiro atoms. The summed E-state index contributed by atoms with van der Waals surface area (Å²) in [4.78, 5) is 19.1. The third-order valence-corrected chi connectivity index (χ3v) is 3.54. The van der Waals surface area contributed by atoms with E-state index in [0.29, 0.717) is 26.8 Å². The number of fused-ring (bicyclic) bond motifs is 1. The second-order valence-corrected chi connectivity index (χ2v) is 5.32. The molecule has 3 aromatic rings. The predicted octanol–water partition coefficient (Wildman–Crippen LogP) is 4.31. The van der Waals surface area contributed by atoms with E-state index >= 15 is 0 Å². The Morgan fingerprint density at radius 3 is 2.57 bits per heavy atom. The van der Waals surface area contributed by atoms with Gasteiger partial charge in [0.15, 0.2) is 5.82 Å². The van der Waals surface area contributed by atoms with Gasteiger partial charge in [0, 0.05) is 5.02 Å². The van der Waals surface area contributed by atoms with Crippen molar-refractivity contribution in [2.45, 2.75) is 0 Å². The van der Waals surface area contributed by atoms with Crippen molar-refractivity contribution in [3.05, 3.63) is 75.3 Å². The van der Waals surface area contributed by atoms with Crippen LogP contribution in [0, 0.1) is 0 Å². The van der Waals surface area contributed by atoms with Gasteiger partial charge in [-0.3, -0.25) is 4.79 Å². The molecule has 2 aromatic carbocycles. The van der Waals surface area contributed by atoms with E-state index in [4.69, 9.17) is 23.2 Å². The van der Waals surface area contributed by atoms with Crippen LogP contribution in [0.1, 0.15) is 11.4 Å². The number of rotatable bonds is 2. The lowest BCUT2D eigenvalue weighted by molar-refractivity contribution is 1.14. The first-order valence-corrected chi connectivity index (χ1v) is 7.01. The number of nitrogens with one attached hydrogen (secondary N) is 1. The van der Waals surface area contributed by atoms with E-state index in [9.17, 15) is 4.79 Å². The van der Waals surface area contributed by atoms with Crippen LogP contribution in [0.4, 0.5) is 0 Å². The molecule has 1 heterocycles. The van der Waals surface area contributed by atoms with Crippen LogP contribution in [-0.4, -0.2) is 9.97 Å². The van der Waals surface area contributed by atoms with Gasteiger partial charge in [-0.25, -0.2) is 4.98 Å². The molecule has 1 N–H and O–H groups in total. The van der Waals surface area contributed by atoms with Gasteiger partial charge in [-0.05, 0) is 35.9 Å². The first kappa shape index (κ1) is 13.9. The highest BCUT2D eigenvalue weighted by atomic mass is 35.5. The number of nitrogens with zero attached hydrogens (tertiary/aromatic N) is 1. The van der Waals surface area contributed by atoms with E-state index in [1.165, 1.54) is 0 Å². The lowest BCUT2D eigenvalue weighted by atomic mass is 10.2. The zero-order chi connectivity index (χ0) is 14.8. The second kappa shape index (κ2) is 5.72. The molecule has 0 aliphatic heterocycles. The number of para-hydroxylation sites is 1. The number of aromatic amines is 1. The Morgan fingerprint density at radius 2 is 1.81 bits per heavy atom. The van der Waals surface area contributed by atoms with Gasteiger partial charge >= 0.3 is 0 Å². The second-order valence-electron chi connectivity index (χ2n) is 4.48. The molecule has 0 bridgehead atoms. The fourth-order valence-electron chi connectivity index (χ4n) is 1.97. The molecule has 0 fully saturated rings.